The minimum Gasteiger partial charge on any atom is -0.289 e. The third kappa shape index (κ3) is 3.97. The van der Waals surface area contributed by atoms with E-state index in [0.29, 0.717) is 12.0 Å². The van der Waals surface area contributed by atoms with Crippen molar-refractivity contribution >= 4 is 5.78 Å². The number of carbonyl (C=O) groups is 1. The minimum absolute atomic E-state index is 0.256. The van der Waals surface area contributed by atoms with E-state index in [4.69, 9.17) is 0 Å². The monoisotopic (exact) mass is 220 g/mol. The molecule has 0 fully saturated rings. The Morgan fingerprint density at radius 2 is 1.94 bits per heavy atom. The minimum atomic E-state index is -0.326. The van der Waals surface area contributed by atoms with Crippen LogP contribution in [0, 0.1) is 6.92 Å². The van der Waals surface area contributed by atoms with Gasteiger partial charge in [0, 0.05) is 11.6 Å². The van der Waals surface area contributed by atoms with Gasteiger partial charge in [-0.05, 0) is 19.8 Å². The summed E-state index contributed by atoms with van der Waals surface area (Å²) in [6, 6.07) is 7.15. The lowest BCUT2D eigenvalue weighted by Gasteiger charge is -1.98. The lowest BCUT2D eigenvalue weighted by atomic mass is 10.1. The van der Waals surface area contributed by atoms with Gasteiger partial charge in [0.25, 0.3) is 0 Å². The van der Waals surface area contributed by atoms with E-state index in [0.717, 1.165) is 24.5 Å². The van der Waals surface area contributed by atoms with Gasteiger partial charge < -0.3 is 0 Å². The molecule has 0 aromatic heterocycles. The number of unbranched alkanes of at least 4 members (excludes halogenated alkanes) is 1. The third-order valence-corrected chi connectivity index (χ3v) is 2.39. The van der Waals surface area contributed by atoms with Crippen molar-refractivity contribution in [2.45, 2.75) is 33.1 Å². The molecule has 0 aliphatic heterocycles. The molecule has 0 bridgehead atoms. The topological polar surface area (TPSA) is 17.1 Å². The SMILES string of the molecule is CCCC/C(F)=C/C(=O)c1ccc(C)cc1. The smallest absolute Gasteiger partial charge is 0.188 e. The van der Waals surface area contributed by atoms with Gasteiger partial charge >= 0.3 is 0 Å². The summed E-state index contributed by atoms with van der Waals surface area (Å²) in [5.41, 5.74) is 1.63. The second-order valence-corrected chi connectivity index (χ2v) is 3.93. The van der Waals surface area contributed by atoms with Gasteiger partial charge in [0.05, 0.1) is 0 Å². The van der Waals surface area contributed by atoms with Gasteiger partial charge in [0.1, 0.15) is 5.83 Å². The van der Waals surface area contributed by atoms with Gasteiger partial charge in [-0.15, -0.1) is 0 Å². The Balaban J connectivity index is 2.67. The molecule has 0 atom stereocenters. The molecular weight excluding hydrogens is 203 g/mol. The molecule has 0 saturated carbocycles. The van der Waals surface area contributed by atoms with E-state index >= 15 is 0 Å². The first-order chi connectivity index (χ1) is 7.63. The Morgan fingerprint density at radius 1 is 1.31 bits per heavy atom. The van der Waals surface area contributed by atoms with Crippen LogP contribution in [0.2, 0.25) is 0 Å². The van der Waals surface area contributed by atoms with Crippen LogP contribution in [0.15, 0.2) is 36.2 Å². The molecule has 1 aromatic carbocycles. The van der Waals surface area contributed by atoms with E-state index in [1.54, 1.807) is 12.1 Å². The van der Waals surface area contributed by atoms with Gasteiger partial charge in [0.2, 0.25) is 0 Å². The highest BCUT2D eigenvalue weighted by Crippen LogP contribution is 2.11. The summed E-state index contributed by atoms with van der Waals surface area (Å²) in [6.07, 6.45) is 3.16. The van der Waals surface area contributed by atoms with Crippen molar-refractivity contribution in [3.63, 3.8) is 0 Å². The molecule has 0 aliphatic rings. The number of hydrogen-bond acceptors (Lipinski definition) is 1. The van der Waals surface area contributed by atoms with Crippen molar-refractivity contribution in [2.24, 2.45) is 0 Å². The molecule has 1 nitrogen and oxygen atoms in total. The second-order valence-electron chi connectivity index (χ2n) is 3.93. The summed E-state index contributed by atoms with van der Waals surface area (Å²) < 4.78 is 13.2. The van der Waals surface area contributed by atoms with Crippen molar-refractivity contribution in [2.75, 3.05) is 0 Å². The van der Waals surface area contributed by atoms with Crippen LogP contribution in [-0.2, 0) is 0 Å². The number of hydrogen-bond donors (Lipinski definition) is 0. The summed E-state index contributed by atoms with van der Waals surface area (Å²) in [6.45, 7) is 3.95. The first kappa shape index (κ1) is 12.6. The zero-order chi connectivity index (χ0) is 12.0. The van der Waals surface area contributed by atoms with Gasteiger partial charge in [0.15, 0.2) is 5.78 Å². The van der Waals surface area contributed by atoms with Crippen molar-refractivity contribution in [1.29, 1.82) is 0 Å². The third-order valence-electron chi connectivity index (χ3n) is 2.39. The zero-order valence-corrected chi connectivity index (χ0v) is 9.79. The molecule has 0 radical (unpaired) electrons. The molecule has 0 amide bonds. The molecule has 86 valence electrons. The fourth-order valence-corrected chi connectivity index (χ4v) is 1.36. The van der Waals surface area contributed by atoms with Crippen LogP contribution < -0.4 is 0 Å². The molecule has 0 unspecified atom stereocenters. The number of halogens is 1. The highest BCUT2D eigenvalue weighted by Gasteiger charge is 2.04. The Bertz CT molecular complexity index is 376. The summed E-state index contributed by atoms with van der Waals surface area (Å²) in [5, 5.41) is 0. The standard InChI is InChI=1S/C14H17FO/c1-3-4-5-13(15)10-14(16)12-8-6-11(2)7-9-12/h6-10H,3-5H2,1-2H3/b13-10-. The molecule has 0 saturated heterocycles. The molecule has 0 spiro atoms. The van der Waals surface area contributed by atoms with Crippen molar-refractivity contribution in [3.8, 4) is 0 Å². The highest BCUT2D eigenvalue weighted by atomic mass is 19.1. The predicted molar refractivity (Wildman–Crippen MR) is 64.2 cm³/mol. The van der Waals surface area contributed by atoms with Gasteiger partial charge in [-0.2, -0.15) is 0 Å². The molecule has 16 heavy (non-hydrogen) atoms. The van der Waals surface area contributed by atoms with E-state index in [-0.39, 0.29) is 11.6 Å². The molecule has 0 heterocycles. The van der Waals surface area contributed by atoms with E-state index in [2.05, 4.69) is 0 Å². The first-order valence-electron chi connectivity index (χ1n) is 5.60. The number of aryl methyl sites for hydroxylation is 1. The molecule has 1 aromatic rings. The van der Waals surface area contributed by atoms with Crippen molar-refractivity contribution in [3.05, 3.63) is 47.3 Å². The summed E-state index contributed by atoms with van der Waals surface area (Å²) in [5.74, 6) is -0.582. The normalized spacial score (nSPS) is 11.6. The number of benzene rings is 1. The van der Waals surface area contributed by atoms with Crippen LogP contribution in [0.5, 0.6) is 0 Å². The number of rotatable bonds is 5. The van der Waals surface area contributed by atoms with Crippen LogP contribution in [0.25, 0.3) is 0 Å². The Hall–Kier alpha value is -1.44. The fourth-order valence-electron chi connectivity index (χ4n) is 1.36. The summed E-state index contributed by atoms with van der Waals surface area (Å²) >= 11 is 0. The lowest BCUT2D eigenvalue weighted by Crippen LogP contribution is -1.95. The van der Waals surface area contributed by atoms with Crippen molar-refractivity contribution < 1.29 is 9.18 Å². The summed E-state index contributed by atoms with van der Waals surface area (Å²) in [7, 11) is 0. The molecule has 0 N–H and O–H groups in total. The second kappa shape index (κ2) is 6.21. The van der Waals surface area contributed by atoms with Gasteiger partial charge in [-0.3, -0.25) is 4.79 Å². The summed E-state index contributed by atoms with van der Waals surface area (Å²) in [4.78, 5) is 11.6. The van der Waals surface area contributed by atoms with E-state index in [9.17, 15) is 9.18 Å². The van der Waals surface area contributed by atoms with E-state index < -0.39 is 0 Å². The maximum Gasteiger partial charge on any atom is 0.188 e. The van der Waals surface area contributed by atoms with Gasteiger partial charge in [-0.1, -0.05) is 43.2 Å². The van der Waals surface area contributed by atoms with Crippen LogP contribution in [0.3, 0.4) is 0 Å². The van der Waals surface area contributed by atoms with E-state index in [1.165, 1.54) is 0 Å². The maximum absolute atomic E-state index is 13.2. The zero-order valence-electron chi connectivity index (χ0n) is 9.79. The van der Waals surface area contributed by atoms with Crippen LogP contribution in [-0.4, -0.2) is 5.78 Å². The largest absolute Gasteiger partial charge is 0.289 e. The average molecular weight is 220 g/mol. The molecular formula is C14H17FO. The molecule has 2 heteroatoms. The van der Waals surface area contributed by atoms with Crippen LogP contribution >= 0.6 is 0 Å². The Labute approximate surface area is 96.0 Å². The Kier molecular flexibility index (Phi) is 4.90. The first-order valence-corrected chi connectivity index (χ1v) is 5.60. The molecule has 0 aliphatic carbocycles. The number of ketones is 1. The van der Waals surface area contributed by atoms with E-state index in [1.807, 2.05) is 26.0 Å². The maximum atomic E-state index is 13.2. The molecule has 1 rings (SSSR count). The quantitative estimate of drug-likeness (QED) is 0.536. The fraction of sp³-hybridized carbons (Fsp3) is 0.357. The van der Waals surface area contributed by atoms with Crippen LogP contribution in [0.1, 0.15) is 42.1 Å². The van der Waals surface area contributed by atoms with Crippen LogP contribution in [0.4, 0.5) is 4.39 Å². The van der Waals surface area contributed by atoms with Crippen molar-refractivity contribution in [1.82, 2.24) is 0 Å². The van der Waals surface area contributed by atoms with Gasteiger partial charge in [-0.25, -0.2) is 4.39 Å². The predicted octanol–water partition coefficient (Wildman–Crippen LogP) is 4.22. The highest BCUT2D eigenvalue weighted by molar-refractivity contribution is 6.04. The average Bonchev–Trinajstić information content (AvgIpc) is 2.27. The number of carbonyl (C=O) groups excluding carboxylic acids is 1. The number of allylic oxidation sites excluding steroid dienone is 2. The Morgan fingerprint density at radius 3 is 2.50 bits per heavy atom. The lowest BCUT2D eigenvalue weighted by molar-refractivity contribution is 0.104.